The van der Waals surface area contributed by atoms with Crippen LogP contribution in [0.5, 0.6) is 0 Å². The van der Waals surface area contributed by atoms with Gasteiger partial charge >= 0.3 is 0 Å². The summed E-state index contributed by atoms with van der Waals surface area (Å²) in [6.45, 7) is 0.963. The molecule has 0 unspecified atom stereocenters. The topological polar surface area (TPSA) is 78.5 Å². The first kappa shape index (κ1) is 15.3. The molecule has 1 aromatic rings. The number of hydrogen-bond acceptors (Lipinski definition) is 5. The Morgan fingerprint density at radius 2 is 2.15 bits per heavy atom. The van der Waals surface area contributed by atoms with Crippen molar-refractivity contribution in [3.63, 3.8) is 0 Å². The third kappa shape index (κ3) is 3.72. The second-order valence-corrected chi connectivity index (χ2v) is 7.48. The molecule has 1 heterocycles. The number of nitrogens with zero attached hydrogens (tertiary/aromatic N) is 1. The van der Waals surface area contributed by atoms with Gasteiger partial charge in [0.15, 0.2) is 0 Å². The third-order valence-corrected chi connectivity index (χ3v) is 5.28. The minimum absolute atomic E-state index is 0.113. The summed E-state index contributed by atoms with van der Waals surface area (Å²) in [6.07, 6.45) is 0. The summed E-state index contributed by atoms with van der Waals surface area (Å²) in [5.41, 5.74) is 0.557. The summed E-state index contributed by atoms with van der Waals surface area (Å²) >= 11 is 1.40. The zero-order chi connectivity index (χ0) is 14.8. The minimum atomic E-state index is -3.54. The van der Waals surface area contributed by atoms with E-state index in [1.807, 2.05) is 19.0 Å². The highest BCUT2D eigenvalue weighted by atomic mass is 32.2. The second-order valence-electron chi connectivity index (χ2n) is 4.70. The first-order chi connectivity index (χ1) is 9.38. The molecule has 2 N–H and O–H groups in total. The Labute approximate surface area is 123 Å². The number of fused-ring (bicyclic) bond motifs is 1. The molecule has 8 heteroatoms. The summed E-state index contributed by atoms with van der Waals surface area (Å²) in [5.74, 6) is 0.248. The molecule has 20 heavy (non-hydrogen) atoms. The van der Waals surface area contributed by atoms with Gasteiger partial charge in [-0.2, -0.15) is 0 Å². The van der Waals surface area contributed by atoms with Gasteiger partial charge in [0.25, 0.3) is 0 Å². The molecule has 6 nitrogen and oxygen atoms in total. The van der Waals surface area contributed by atoms with Gasteiger partial charge in [-0.1, -0.05) is 0 Å². The van der Waals surface area contributed by atoms with Crippen LogP contribution in [0.3, 0.4) is 0 Å². The van der Waals surface area contributed by atoms with Crippen LogP contribution in [0, 0.1) is 0 Å². The largest absolute Gasteiger partial charge is 0.324 e. The van der Waals surface area contributed by atoms with Crippen molar-refractivity contribution in [2.24, 2.45) is 0 Å². The molecule has 110 valence electrons. The van der Waals surface area contributed by atoms with Crippen LogP contribution in [0.15, 0.2) is 28.0 Å². The maximum absolute atomic E-state index is 12.1. The van der Waals surface area contributed by atoms with E-state index >= 15 is 0 Å². The molecule has 0 atom stereocenters. The van der Waals surface area contributed by atoms with Gasteiger partial charge in [-0.3, -0.25) is 4.79 Å². The highest BCUT2D eigenvalue weighted by molar-refractivity contribution is 8.00. The van der Waals surface area contributed by atoms with Gasteiger partial charge < -0.3 is 10.2 Å². The first-order valence-corrected chi connectivity index (χ1v) is 8.56. The van der Waals surface area contributed by atoms with Gasteiger partial charge in [-0.25, -0.2) is 13.1 Å². The molecular formula is C12H17N3O3S2. The zero-order valence-electron chi connectivity index (χ0n) is 11.3. The molecule has 2 rings (SSSR count). The van der Waals surface area contributed by atoms with E-state index < -0.39 is 10.0 Å². The van der Waals surface area contributed by atoms with Crippen LogP contribution in [0.25, 0.3) is 0 Å². The van der Waals surface area contributed by atoms with Crippen LogP contribution in [0.4, 0.5) is 5.69 Å². The lowest BCUT2D eigenvalue weighted by atomic mass is 10.3. The zero-order valence-corrected chi connectivity index (χ0v) is 13.0. The summed E-state index contributed by atoms with van der Waals surface area (Å²) in [7, 11) is 0.206. The molecule has 0 fully saturated rings. The molecule has 0 aliphatic carbocycles. The Kier molecular flexibility index (Phi) is 4.69. The maximum Gasteiger partial charge on any atom is 0.240 e. The molecule has 0 aromatic heterocycles. The van der Waals surface area contributed by atoms with E-state index in [0.29, 0.717) is 24.5 Å². The number of nitrogens with one attached hydrogen (secondary N) is 2. The molecular weight excluding hydrogens is 298 g/mol. The highest BCUT2D eigenvalue weighted by Gasteiger charge is 2.20. The molecule has 0 saturated heterocycles. The minimum Gasteiger partial charge on any atom is -0.324 e. The van der Waals surface area contributed by atoms with Crippen molar-refractivity contribution in [1.29, 1.82) is 0 Å². The predicted molar refractivity (Wildman–Crippen MR) is 79.5 cm³/mol. The average Bonchev–Trinajstić information content (AvgIpc) is 2.37. The Balaban J connectivity index is 2.16. The van der Waals surface area contributed by atoms with Crippen molar-refractivity contribution in [3.8, 4) is 0 Å². The Morgan fingerprint density at radius 1 is 1.40 bits per heavy atom. The van der Waals surface area contributed by atoms with Gasteiger partial charge in [0.1, 0.15) is 0 Å². The van der Waals surface area contributed by atoms with E-state index in [0.717, 1.165) is 4.90 Å². The number of carbonyl (C=O) groups is 1. The van der Waals surface area contributed by atoms with Gasteiger partial charge in [-0.15, -0.1) is 11.8 Å². The van der Waals surface area contributed by atoms with Crippen LogP contribution in [-0.4, -0.2) is 52.2 Å². The van der Waals surface area contributed by atoms with E-state index in [9.17, 15) is 13.2 Å². The summed E-state index contributed by atoms with van der Waals surface area (Å²) in [4.78, 5) is 14.3. The summed E-state index contributed by atoms with van der Waals surface area (Å²) in [6, 6.07) is 4.78. The van der Waals surface area contributed by atoms with Gasteiger partial charge in [-0.05, 0) is 32.3 Å². The summed E-state index contributed by atoms with van der Waals surface area (Å²) in [5, 5.41) is 2.69. The van der Waals surface area contributed by atoms with Gasteiger partial charge in [0.05, 0.1) is 16.3 Å². The number of likely N-dealkylation sites (N-methyl/N-ethyl adjacent to an activating group) is 1. The van der Waals surface area contributed by atoms with Crippen LogP contribution < -0.4 is 10.0 Å². The SMILES string of the molecule is CN(C)CCNS(=O)(=O)c1ccc2c(c1)NC(=O)CS2. The number of thioether (sulfide) groups is 1. The van der Waals surface area contributed by atoms with E-state index in [2.05, 4.69) is 10.0 Å². The molecule has 0 saturated carbocycles. The Hall–Kier alpha value is -1.09. The van der Waals surface area contributed by atoms with Crippen LogP contribution in [-0.2, 0) is 14.8 Å². The summed E-state index contributed by atoms with van der Waals surface area (Å²) < 4.78 is 26.8. The molecule has 1 amide bonds. The molecule has 1 aliphatic heterocycles. The van der Waals surface area contributed by atoms with Crippen molar-refractivity contribution in [3.05, 3.63) is 18.2 Å². The molecule has 0 bridgehead atoms. The lowest BCUT2D eigenvalue weighted by Crippen LogP contribution is -2.31. The average molecular weight is 315 g/mol. The molecule has 0 radical (unpaired) electrons. The van der Waals surface area contributed by atoms with Crippen molar-refractivity contribution >= 4 is 33.4 Å². The van der Waals surface area contributed by atoms with Crippen LogP contribution in [0.2, 0.25) is 0 Å². The Morgan fingerprint density at radius 3 is 2.85 bits per heavy atom. The number of carbonyl (C=O) groups excluding carboxylic acids is 1. The molecule has 1 aromatic carbocycles. The lowest BCUT2D eigenvalue weighted by Gasteiger charge is -2.17. The molecule has 1 aliphatic rings. The highest BCUT2D eigenvalue weighted by Crippen LogP contribution is 2.32. The van der Waals surface area contributed by atoms with Crippen LogP contribution in [0.1, 0.15) is 0 Å². The second kappa shape index (κ2) is 6.13. The predicted octanol–water partition coefficient (Wildman–Crippen LogP) is 0.571. The standard InChI is InChI=1S/C12H17N3O3S2/c1-15(2)6-5-13-20(17,18)9-3-4-11-10(7-9)14-12(16)8-19-11/h3-4,7,13H,5-6,8H2,1-2H3,(H,14,16). The third-order valence-electron chi connectivity index (χ3n) is 2.75. The van der Waals surface area contributed by atoms with Gasteiger partial charge in [0.2, 0.25) is 15.9 Å². The monoisotopic (exact) mass is 315 g/mol. The number of hydrogen-bond donors (Lipinski definition) is 2. The number of anilines is 1. The number of amides is 1. The van der Waals surface area contributed by atoms with Crippen molar-refractivity contribution < 1.29 is 13.2 Å². The quantitative estimate of drug-likeness (QED) is 0.830. The molecule has 0 spiro atoms. The fourth-order valence-corrected chi connectivity index (χ4v) is 3.55. The fraction of sp³-hybridized carbons (Fsp3) is 0.417. The van der Waals surface area contributed by atoms with Gasteiger partial charge in [0, 0.05) is 18.0 Å². The first-order valence-electron chi connectivity index (χ1n) is 6.09. The number of benzene rings is 1. The van der Waals surface area contributed by atoms with E-state index in [1.54, 1.807) is 12.1 Å². The van der Waals surface area contributed by atoms with Crippen molar-refractivity contribution in [1.82, 2.24) is 9.62 Å². The Bertz CT molecular complexity index is 614. The van der Waals surface area contributed by atoms with E-state index in [4.69, 9.17) is 0 Å². The van der Waals surface area contributed by atoms with Crippen molar-refractivity contribution in [2.45, 2.75) is 9.79 Å². The van der Waals surface area contributed by atoms with Crippen molar-refractivity contribution in [2.75, 3.05) is 38.3 Å². The van der Waals surface area contributed by atoms with E-state index in [1.165, 1.54) is 17.8 Å². The fourth-order valence-electron chi connectivity index (χ4n) is 1.72. The normalized spacial score (nSPS) is 15.1. The lowest BCUT2D eigenvalue weighted by molar-refractivity contribution is -0.113. The number of sulfonamides is 1. The maximum atomic E-state index is 12.1. The van der Waals surface area contributed by atoms with E-state index in [-0.39, 0.29) is 10.8 Å². The number of rotatable bonds is 5. The smallest absolute Gasteiger partial charge is 0.240 e. The van der Waals surface area contributed by atoms with Crippen LogP contribution >= 0.6 is 11.8 Å².